The number of halogens is 2. The molecule has 3 aromatic heterocycles. The predicted molar refractivity (Wildman–Crippen MR) is 130 cm³/mol. The van der Waals surface area contributed by atoms with Gasteiger partial charge in [0.25, 0.3) is 5.56 Å². The van der Waals surface area contributed by atoms with Crippen molar-refractivity contribution in [2.45, 2.75) is 31.8 Å². The fourth-order valence-electron chi connectivity index (χ4n) is 6.04. The lowest BCUT2D eigenvalue weighted by Crippen LogP contribution is -2.62. The average Bonchev–Trinajstić information content (AvgIpc) is 3.24. The van der Waals surface area contributed by atoms with Crippen LogP contribution in [0.2, 0.25) is 5.15 Å². The van der Waals surface area contributed by atoms with E-state index in [9.17, 15) is 14.3 Å². The van der Waals surface area contributed by atoms with Crippen LogP contribution in [-0.4, -0.2) is 54.0 Å². The van der Waals surface area contributed by atoms with Gasteiger partial charge in [-0.2, -0.15) is 5.10 Å². The Bertz CT molecular complexity index is 1490. The minimum atomic E-state index is -0.681. The lowest BCUT2D eigenvalue weighted by molar-refractivity contribution is -0.126. The summed E-state index contributed by atoms with van der Waals surface area (Å²) < 4.78 is 17.1. The average molecular weight is 497 g/mol. The van der Waals surface area contributed by atoms with Crippen LogP contribution in [-0.2, 0) is 13.5 Å². The number of hydrogen-bond donors (Lipinski definition) is 1. The number of likely N-dealkylation sites (tertiary alicyclic amines) is 1. The smallest absolute Gasteiger partial charge is 0.274 e. The first-order valence-corrected chi connectivity index (χ1v) is 12.2. The molecule has 6 rings (SSSR count). The Morgan fingerprint density at radius 1 is 1.31 bits per heavy atom. The molecule has 1 aromatic carbocycles. The van der Waals surface area contributed by atoms with Gasteiger partial charge in [-0.1, -0.05) is 23.7 Å². The number of benzene rings is 1. The minimum absolute atomic E-state index is 0.131. The molecule has 0 amide bonds. The number of pyridine rings is 1. The van der Waals surface area contributed by atoms with Crippen molar-refractivity contribution in [2.75, 3.05) is 19.6 Å². The van der Waals surface area contributed by atoms with E-state index in [-0.39, 0.29) is 27.9 Å². The number of aliphatic hydroxyl groups excluding tert-OH is 1. The van der Waals surface area contributed by atoms with Gasteiger partial charge in [0.2, 0.25) is 0 Å². The molecule has 0 radical (unpaired) electrons. The topological polar surface area (TPSA) is 88.5 Å². The first kappa shape index (κ1) is 22.6. The number of nitrogens with zero attached hydrogens (tertiary/aromatic N) is 6. The van der Waals surface area contributed by atoms with Gasteiger partial charge in [-0.15, -0.1) is 10.2 Å². The maximum Gasteiger partial charge on any atom is 0.274 e. The molecular formula is C25H26ClFN6O2. The molecule has 1 spiro atoms. The van der Waals surface area contributed by atoms with Gasteiger partial charge in [0.05, 0.1) is 11.5 Å². The number of aliphatic hydroxyl groups is 1. The Kier molecular flexibility index (Phi) is 5.39. The van der Waals surface area contributed by atoms with Crippen molar-refractivity contribution in [3.63, 3.8) is 0 Å². The molecule has 1 N–H and O–H groups in total. The van der Waals surface area contributed by atoms with E-state index in [1.807, 2.05) is 6.07 Å². The Morgan fingerprint density at radius 3 is 2.91 bits per heavy atom. The molecular weight excluding hydrogens is 471 g/mol. The van der Waals surface area contributed by atoms with Gasteiger partial charge in [-0.05, 0) is 66.8 Å². The highest BCUT2D eigenvalue weighted by molar-refractivity contribution is 6.34. The van der Waals surface area contributed by atoms with Gasteiger partial charge < -0.3 is 10.0 Å². The van der Waals surface area contributed by atoms with Crippen LogP contribution in [0, 0.1) is 17.2 Å². The van der Waals surface area contributed by atoms with Gasteiger partial charge in [0, 0.05) is 31.7 Å². The van der Waals surface area contributed by atoms with Crippen LogP contribution in [0.5, 0.6) is 0 Å². The van der Waals surface area contributed by atoms with Gasteiger partial charge in [-0.25, -0.2) is 9.07 Å². The predicted octanol–water partition coefficient (Wildman–Crippen LogP) is 3.15. The van der Waals surface area contributed by atoms with Crippen LogP contribution in [0.25, 0.3) is 16.4 Å². The van der Waals surface area contributed by atoms with Gasteiger partial charge in [0.1, 0.15) is 12.1 Å². The summed E-state index contributed by atoms with van der Waals surface area (Å²) in [4.78, 5) is 14.9. The first-order valence-electron chi connectivity index (χ1n) is 11.9. The largest absolute Gasteiger partial charge is 0.388 e. The second kappa shape index (κ2) is 8.36. The number of fused-ring (bicyclic) bond motifs is 2. The van der Waals surface area contributed by atoms with Crippen molar-refractivity contribution in [1.29, 1.82) is 0 Å². The fourth-order valence-corrected chi connectivity index (χ4v) is 6.37. The molecule has 2 fully saturated rings. The van der Waals surface area contributed by atoms with Gasteiger partial charge in [0.15, 0.2) is 10.8 Å². The fraction of sp³-hybridized carbons (Fsp3) is 0.440. The van der Waals surface area contributed by atoms with Crippen LogP contribution in [0.15, 0.2) is 41.6 Å². The van der Waals surface area contributed by atoms with Gasteiger partial charge >= 0.3 is 0 Å². The molecule has 4 aromatic rings. The van der Waals surface area contributed by atoms with E-state index < -0.39 is 6.10 Å². The molecule has 4 heterocycles. The zero-order chi connectivity index (χ0) is 24.3. The third-order valence-corrected chi connectivity index (χ3v) is 7.99. The third-order valence-electron chi connectivity index (χ3n) is 7.72. The van der Waals surface area contributed by atoms with E-state index >= 15 is 0 Å². The van der Waals surface area contributed by atoms with Crippen molar-refractivity contribution >= 4 is 28.0 Å². The van der Waals surface area contributed by atoms with Crippen LogP contribution < -0.4 is 5.56 Å². The second-order valence-electron chi connectivity index (χ2n) is 10.2. The number of rotatable bonds is 6. The maximum atomic E-state index is 14.3. The van der Waals surface area contributed by atoms with Crippen LogP contribution in [0.1, 0.15) is 36.5 Å². The van der Waals surface area contributed by atoms with E-state index in [1.165, 1.54) is 17.2 Å². The lowest BCUT2D eigenvalue weighted by Gasteiger charge is -2.60. The van der Waals surface area contributed by atoms with E-state index in [0.29, 0.717) is 34.0 Å². The van der Waals surface area contributed by atoms with Gasteiger partial charge in [-0.3, -0.25) is 9.20 Å². The molecule has 1 aliphatic heterocycles. The number of hydrogen-bond acceptors (Lipinski definition) is 6. The Labute approximate surface area is 206 Å². The molecule has 182 valence electrons. The van der Waals surface area contributed by atoms with Crippen molar-refractivity contribution in [3.8, 4) is 0 Å². The SMILES string of the molecule is Cn1nc(Cl)c2c(C(O)C3CC4(C3)CN(CCCc3cc5nncn5cc3F)C4)cccc2c1=O. The molecule has 1 atom stereocenters. The Morgan fingerprint density at radius 2 is 2.11 bits per heavy atom. The summed E-state index contributed by atoms with van der Waals surface area (Å²) in [5.41, 5.74) is 2.04. The minimum Gasteiger partial charge on any atom is -0.388 e. The van der Waals surface area contributed by atoms with Crippen molar-refractivity contribution < 1.29 is 9.50 Å². The molecule has 1 unspecified atom stereocenters. The molecule has 35 heavy (non-hydrogen) atoms. The first-order chi connectivity index (χ1) is 16.8. The van der Waals surface area contributed by atoms with Crippen molar-refractivity contribution in [3.05, 3.63) is 69.2 Å². The zero-order valence-electron chi connectivity index (χ0n) is 19.4. The summed E-state index contributed by atoms with van der Waals surface area (Å²) in [6, 6.07) is 7.13. The standard InChI is InChI=1S/C25H26ClFN6O2/c1-31-24(35)18-6-2-5-17(21(18)23(26)30-31)22(34)16-9-25(10-16)12-32(13-25)7-3-4-15-8-20-29-28-14-33(20)11-19(15)27/h2,5-6,8,11,14,16,22,34H,3-4,7,9-10,12-13H2,1H3. The quantitative estimate of drug-likeness (QED) is 0.441. The number of aryl methyl sites for hydroxylation is 2. The van der Waals surface area contributed by atoms with Crippen LogP contribution >= 0.6 is 11.6 Å². The zero-order valence-corrected chi connectivity index (χ0v) is 20.1. The molecule has 0 bridgehead atoms. The van der Waals surface area contributed by atoms with Crippen LogP contribution in [0.3, 0.4) is 0 Å². The summed E-state index contributed by atoms with van der Waals surface area (Å²) in [7, 11) is 1.57. The van der Waals surface area contributed by atoms with Crippen LogP contribution in [0.4, 0.5) is 4.39 Å². The molecule has 1 aliphatic carbocycles. The van der Waals surface area contributed by atoms with Crippen molar-refractivity contribution in [1.82, 2.24) is 29.3 Å². The Hall–Kier alpha value is -2.88. The van der Waals surface area contributed by atoms with E-state index in [1.54, 1.807) is 29.6 Å². The maximum absolute atomic E-state index is 14.3. The monoisotopic (exact) mass is 496 g/mol. The highest BCUT2D eigenvalue weighted by atomic mass is 35.5. The highest BCUT2D eigenvalue weighted by Gasteiger charge is 2.53. The van der Waals surface area contributed by atoms with E-state index in [0.717, 1.165) is 38.9 Å². The summed E-state index contributed by atoms with van der Waals surface area (Å²) >= 11 is 6.37. The molecule has 1 saturated heterocycles. The summed E-state index contributed by atoms with van der Waals surface area (Å²) in [6.45, 7) is 2.92. The summed E-state index contributed by atoms with van der Waals surface area (Å²) in [6.07, 6.45) is 5.66. The lowest BCUT2D eigenvalue weighted by atomic mass is 9.55. The molecule has 1 saturated carbocycles. The normalized spacial score (nSPS) is 18.7. The molecule has 2 aliphatic rings. The van der Waals surface area contributed by atoms with Crippen molar-refractivity contribution in [2.24, 2.45) is 18.4 Å². The third kappa shape index (κ3) is 3.82. The van der Waals surface area contributed by atoms with E-state index in [2.05, 4.69) is 20.2 Å². The molecule has 8 nitrogen and oxygen atoms in total. The summed E-state index contributed by atoms with van der Waals surface area (Å²) in [5, 5.41) is 24.3. The highest BCUT2D eigenvalue weighted by Crippen LogP contribution is 2.56. The number of aromatic nitrogens is 5. The van der Waals surface area contributed by atoms with E-state index in [4.69, 9.17) is 11.6 Å². The molecule has 10 heteroatoms. The Balaban J connectivity index is 1.04. The summed E-state index contributed by atoms with van der Waals surface area (Å²) in [5.74, 6) is -0.0957. The second-order valence-corrected chi connectivity index (χ2v) is 10.5.